The molecule has 0 aromatic carbocycles. The molecule has 6 heteroatoms. The number of carboxylic acid groups (broad SMARTS) is 1. The van der Waals surface area contributed by atoms with E-state index in [1.54, 1.807) is 0 Å². The highest BCUT2D eigenvalue weighted by molar-refractivity contribution is 7.99. The summed E-state index contributed by atoms with van der Waals surface area (Å²) in [6.45, 7) is 9.11. The molecule has 2 rings (SSSR count). The third-order valence-electron chi connectivity index (χ3n) is 2.65. The topological polar surface area (TPSA) is 68.0 Å². The standard InChI is InChI=1S/C14H19N3O2S/c1-9-5-6-10-12(15-9)17(8-14(2,3)4)13(16-10)20-7-11(18)19/h5-6H,7-8H2,1-4H3,(H,18,19). The number of nitrogens with zero attached hydrogens (tertiary/aromatic N) is 3. The molecule has 5 nitrogen and oxygen atoms in total. The lowest BCUT2D eigenvalue weighted by atomic mass is 9.97. The molecule has 0 spiro atoms. The SMILES string of the molecule is Cc1ccc2nc(SCC(=O)O)n(CC(C)(C)C)c2n1. The molecule has 20 heavy (non-hydrogen) atoms. The van der Waals surface area contributed by atoms with Crippen LogP contribution in [0.4, 0.5) is 0 Å². The van der Waals surface area contributed by atoms with Gasteiger partial charge in [0.15, 0.2) is 10.8 Å². The smallest absolute Gasteiger partial charge is 0.313 e. The van der Waals surface area contributed by atoms with Gasteiger partial charge in [-0.3, -0.25) is 4.79 Å². The molecular weight excluding hydrogens is 274 g/mol. The van der Waals surface area contributed by atoms with Gasteiger partial charge in [0.1, 0.15) is 5.52 Å². The Labute approximate surface area is 122 Å². The quantitative estimate of drug-likeness (QED) is 0.878. The zero-order valence-corrected chi connectivity index (χ0v) is 13.0. The van der Waals surface area contributed by atoms with Gasteiger partial charge in [0.2, 0.25) is 0 Å². The van der Waals surface area contributed by atoms with Crippen LogP contribution in [0.5, 0.6) is 0 Å². The molecule has 2 heterocycles. The van der Waals surface area contributed by atoms with Crippen molar-refractivity contribution in [1.29, 1.82) is 0 Å². The molecule has 0 aliphatic heterocycles. The highest BCUT2D eigenvalue weighted by atomic mass is 32.2. The highest BCUT2D eigenvalue weighted by Crippen LogP contribution is 2.27. The van der Waals surface area contributed by atoms with Crippen LogP contribution in [0, 0.1) is 12.3 Å². The summed E-state index contributed by atoms with van der Waals surface area (Å²) in [5, 5.41) is 9.56. The molecular formula is C14H19N3O2S. The molecule has 0 atom stereocenters. The van der Waals surface area contributed by atoms with Crippen molar-refractivity contribution in [2.45, 2.75) is 39.4 Å². The first-order valence-corrected chi connectivity index (χ1v) is 7.43. The molecule has 108 valence electrons. The summed E-state index contributed by atoms with van der Waals surface area (Å²) in [6, 6.07) is 3.85. The summed E-state index contributed by atoms with van der Waals surface area (Å²) in [7, 11) is 0. The van der Waals surface area contributed by atoms with Crippen molar-refractivity contribution in [3.05, 3.63) is 17.8 Å². The normalized spacial score (nSPS) is 12.0. The van der Waals surface area contributed by atoms with Gasteiger partial charge in [0.25, 0.3) is 0 Å². The molecule has 0 bridgehead atoms. The molecule has 1 N–H and O–H groups in total. The van der Waals surface area contributed by atoms with Crippen LogP contribution in [0.15, 0.2) is 17.3 Å². The van der Waals surface area contributed by atoms with Crippen molar-refractivity contribution in [2.75, 3.05) is 5.75 Å². The average Bonchev–Trinajstić information content (AvgIpc) is 2.63. The molecule has 0 fully saturated rings. The summed E-state index contributed by atoms with van der Waals surface area (Å²) in [6.07, 6.45) is 0. The van der Waals surface area contributed by atoms with Crippen LogP contribution in [0.2, 0.25) is 0 Å². The highest BCUT2D eigenvalue weighted by Gasteiger charge is 2.19. The van der Waals surface area contributed by atoms with Crippen LogP contribution in [0.1, 0.15) is 26.5 Å². The largest absolute Gasteiger partial charge is 0.481 e. The summed E-state index contributed by atoms with van der Waals surface area (Å²) < 4.78 is 2.02. The van der Waals surface area contributed by atoms with Gasteiger partial charge < -0.3 is 9.67 Å². The lowest BCUT2D eigenvalue weighted by Gasteiger charge is -2.20. The first kappa shape index (κ1) is 14.8. The third kappa shape index (κ3) is 3.50. The van der Waals surface area contributed by atoms with E-state index >= 15 is 0 Å². The van der Waals surface area contributed by atoms with E-state index in [1.807, 2.05) is 23.6 Å². The summed E-state index contributed by atoms with van der Waals surface area (Å²) >= 11 is 1.24. The molecule has 0 unspecified atom stereocenters. The number of thioether (sulfide) groups is 1. The number of carbonyl (C=O) groups is 1. The fourth-order valence-corrected chi connectivity index (χ4v) is 2.65. The van der Waals surface area contributed by atoms with Gasteiger partial charge in [0, 0.05) is 12.2 Å². The van der Waals surface area contributed by atoms with Gasteiger partial charge >= 0.3 is 5.97 Å². The van der Waals surface area contributed by atoms with E-state index < -0.39 is 5.97 Å². The zero-order valence-electron chi connectivity index (χ0n) is 12.2. The summed E-state index contributed by atoms with van der Waals surface area (Å²) in [5.41, 5.74) is 2.64. The number of aromatic nitrogens is 3. The van der Waals surface area contributed by atoms with Gasteiger partial charge in [-0.25, -0.2) is 9.97 Å². The van der Waals surface area contributed by atoms with Crippen LogP contribution in [0.25, 0.3) is 11.2 Å². The maximum absolute atomic E-state index is 10.8. The number of aliphatic carboxylic acids is 1. The van der Waals surface area contributed by atoms with E-state index in [4.69, 9.17) is 5.11 Å². The van der Waals surface area contributed by atoms with Gasteiger partial charge in [0.05, 0.1) is 5.75 Å². The Kier molecular flexibility index (Phi) is 4.04. The van der Waals surface area contributed by atoms with Gasteiger partial charge in [-0.1, -0.05) is 32.5 Å². The van der Waals surface area contributed by atoms with Crippen LogP contribution in [-0.2, 0) is 11.3 Å². The molecule has 0 amide bonds. The number of imidazole rings is 1. The Morgan fingerprint density at radius 3 is 2.65 bits per heavy atom. The Bertz CT molecular complexity index is 644. The fraction of sp³-hybridized carbons (Fsp3) is 0.500. The van der Waals surface area contributed by atoms with Crippen LogP contribution in [-0.4, -0.2) is 31.4 Å². The maximum atomic E-state index is 10.8. The van der Waals surface area contributed by atoms with Crippen LogP contribution < -0.4 is 0 Å². The van der Waals surface area contributed by atoms with E-state index in [0.717, 1.165) is 28.6 Å². The molecule has 0 radical (unpaired) electrons. The Balaban J connectivity index is 2.48. The minimum atomic E-state index is -0.839. The predicted octanol–water partition coefficient (Wildman–Crippen LogP) is 2.96. The van der Waals surface area contributed by atoms with E-state index in [9.17, 15) is 4.79 Å². The van der Waals surface area contributed by atoms with Crippen LogP contribution >= 0.6 is 11.8 Å². The van der Waals surface area contributed by atoms with Crippen molar-refractivity contribution in [3.8, 4) is 0 Å². The minimum absolute atomic E-state index is 0.00640. The Hall–Kier alpha value is -1.56. The van der Waals surface area contributed by atoms with Crippen molar-refractivity contribution in [1.82, 2.24) is 14.5 Å². The number of pyridine rings is 1. The number of carboxylic acids is 1. The van der Waals surface area contributed by atoms with E-state index in [2.05, 4.69) is 30.7 Å². The monoisotopic (exact) mass is 293 g/mol. The molecule has 0 saturated heterocycles. The lowest BCUT2D eigenvalue weighted by molar-refractivity contribution is -0.133. The van der Waals surface area contributed by atoms with Gasteiger partial charge in [-0.2, -0.15) is 0 Å². The van der Waals surface area contributed by atoms with Crippen molar-refractivity contribution in [3.63, 3.8) is 0 Å². The lowest BCUT2D eigenvalue weighted by Crippen LogP contribution is -2.17. The number of fused-ring (bicyclic) bond motifs is 1. The predicted molar refractivity (Wildman–Crippen MR) is 80.1 cm³/mol. The number of hydrogen-bond acceptors (Lipinski definition) is 4. The molecule has 0 saturated carbocycles. The van der Waals surface area contributed by atoms with Crippen molar-refractivity contribution < 1.29 is 9.90 Å². The molecule has 0 aliphatic rings. The Morgan fingerprint density at radius 2 is 2.05 bits per heavy atom. The molecule has 2 aromatic rings. The van der Waals surface area contributed by atoms with E-state index in [1.165, 1.54) is 11.8 Å². The third-order valence-corrected chi connectivity index (χ3v) is 3.61. The first-order valence-electron chi connectivity index (χ1n) is 6.45. The fourth-order valence-electron chi connectivity index (χ4n) is 1.93. The van der Waals surface area contributed by atoms with E-state index in [-0.39, 0.29) is 11.2 Å². The van der Waals surface area contributed by atoms with Crippen molar-refractivity contribution >= 4 is 28.9 Å². The number of hydrogen-bond donors (Lipinski definition) is 1. The van der Waals surface area contributed by atoms with Gasteiger partial charge in [-0.05, 0) is 24.5 Å². The zero-order chi connectivity index (χ0) is 14.9. The second kappa shape index (κ2) is 5.44. The molecule has 2 aromatic heterocycles. The van der Waals surface area contributed by atoms with Gasteiger partial charge in [-0.15, -0.1) is 0 Å². The summed E-state index contributed by atoms with van der Waals surface area (Å²) in [5.74, 6) is -0.833. The first-order chi connectivity index (χ1) is 9.26. The second-order valence-electron chi connectivity index (χ2n) is 6.02. The Morgan fingerprint density at radius 1 is 1.35 bits per heavy atom. The van der Waals surface area contributed by atoms with E-state index in [0.29, 0.717) is 0 Å². The number of aryl methyl sites for hydroxylation is 1. The summed E-state index contributed by atoms with van der Waals surface area (Å²) in [4.78, 5) is 19.8. The number of rotatable bonds is 4. The molecule has 0 aliphatic carbocycles. The van der Waals surface area contributed by atoms with Crippen LogP contribution in [0.3, 0.4) is 0 Å². The average molecular weight is 293 g/mol. The minimum Gasteiger partial charge on any atom is -0.481 e. The van der Waals surface area contributed by atoms with Crippen molar-refractivity contribution in [2.24, 2.45) is 5.41 Å². The second-order valence-corrected chi connectivity index (χ2v) is 6.96. The maximum Gasteiger partial charge on any atom is 0.313 e.